The molecule has 3 N–H and O–H groups in total. The van der Waals surface area contributed by atoms with Gasteiger partial charge >= 0.3 is 0 Å². The van der Waals surface area contributed by atoms with Crippen LogP contribution in [0.15, 0.2) is 97.1 Å². The number of ether oxygens (including phenoxy) is 2. The SMILES string of the molecule is CC1C(CN2CCN(c3ccc([N+](=O)[O-])cc3)CC2)OC(c2cccc(-c3cccc(CN)c3)c2)OC1c1ccc(CO)cc1. The smallest absolute Gasteiger partial charge is 0.269 e. The van der Waals surface area contributed by atoms with Crippen LogP contribution >= 0.6 is 0 Å². The predicted molar refractivity (Wildman–Crippen MR) is 174 cm³/mol. The third-order valence-corrected chi connectivity index (χ3v) is 9.01. The summed E-state index contributed by atoms with van der Waals surface area (Å²) >= 11 is 0. The van der Waals surface area contributed by atoms with Crippen LogP contribution in [-0.2, 0) is 22.6 Å². The van der Waals surface area contributed by atoms with Gasteiger partial charge in [-0.3, -0.25) is 15.0 Å². The van der Waals surface area contributed by atoms with Crippen LogP contribution in [0.2, 0.25) is 0 Å². The Kier molecular flexibility index (Phi) is 9.53. The zero-order valence-corrected chi connectivity index (χ0v) is 25.5. The lowest BCUT2D eigenvalue weighted by atomic mass is 9.89. The molecule has 6 rings (SSSR count). The number of aliphatic hydroxyl groups is 1. The maximum absolute atomic E-state index is 11.1. The number of aliphatic hydroxyl groups excluding tert-OH is 1. The number of hydrogen-bond acceptors (Lipinski definition) is 8. The van der Waals surface area contributed by atoms with Gasteiger partial charge in [-0.1, -0.05) is 67.6 Å². The van der Waals surface area contributed by atoms with Gasteiger partial charge in [0.2, 0.25) is 0 Å². The second-order valence-corrected chi connectivity index (χ2v) is 11.9. The predicted octanol–water partition coefficient (Wildman–Crippen LogP) is 5.83. The number of anilines is 1. The summed E-state index contributed by atoms with van der Waals surface area (Å²) in [7, 11) is 0. The molecule has 2 saturated heterocycles. The fraction of sp³-hybridized carbons (Fsp3) is 0.333. The van der Waals surface area contributed by atoms with E-state index in [9.17, 15) is 15.2 Å². The van der Waals surface area contributed by atoms with E-state index >= 15 is 0 Å². The Bertz CT molecular complexity index is 1590. The topological polar surface area (TPSA) is 114 Å². The molecule has 9 heteroatoms. The lowest BCUT2D eigenvalue weighted by Gasteiger charge is -2.44. The van der Waals surface area contributed by atoms with E-state index < -0.39 is 6.29 Å². The summed E-state index contributed by atoms with van der Waals surface area (Å²) in [5.41, 5.74) is 13.2. The molecule has 0 aromatic heterocycles. The molecule has 0 bridgehead atoms. The fourth-order valence-electron chi connectivity index (χ4n) is 6.30. The normalized spacial score (nSPS) is 22.3. The number of benzene rings is 4. The van der Waals surface area contributed by atoms with Crippen molar-refractivity contribution in [3.63, 3.8) is 0 Å². The van der Waals surface area contributed by atoms with Gasteiger partial charge < -0.3 is 25.2 Å². The van der Waals surface area contributed by atoms with Crippen LogP contribution in [0.25, 0.3) is 11.1 Å². The summed E-state index contributed by atoms with van der Waals surface area (Å²) in [4.78, 5) is 15.4. The lowest BCUT2D eigenvalue weighted by Crippen LogP contribution is -2.51. The summed E-state index contributed by atoms with van der Waals surface area (Å²) in [5, 5.41) is 20.6. The van der Waals surface area contributed by atoms with E-state index in [0.29, 0.717) is 6.54 Å². The highest BCUT2D eigenvalue weighted by Crippen LogP contribution is 2.42. The number of nitro groups is 1. The van der Waals surface area contributed by atoms with E-state index in [0.717, 1.165) is 71.8 Å². The number of non-ortho nitro benzene ring substituents is 1. The van der Waals surface area contributed by atoms with Crippen molar-refractivity contribution in [3.8, 4) is 11.1 Å². The summed E-state index contributed by atoms with van der Waals surface area (Å²) < 4.78 is 13.5. The van der Waals surface area contributed by atoms with Crippen LogP contribution < -0.4 is 10.6 Å². The zero-order valence-electron chi connectivity index (χ0n) is 25.5. The molecule has 0 spiro atoms. The Hall–Kier alpha value is -4.12. The van der Waals surface area contributed by atoms with Gasteiger partial charge in [0, 0.05) is 68.6 Å². The molecule has 0 aliphatic carbocycles. The van der Waals surface area contributed by atoms with E-state index in [1.165, 1.54) is 0 Å². The molecule has 0 saturated carbocycles. The van der Waals surface area contributed by atoms with Gasteiger partial charge in [0.05, 0.1) is 23.7 Å². The molecule has 2 aliphatic heterocycles. The van der Waals surface area contributed by atoms with Crippen molar-refractivity contribution in [3.05, 3.63) is 129 Å². The van der Waals surface area contributed by atoms with Gasteiger partial charge in [0.1, 0.15) is 0 Å². The monoisotopic (exact) mass is 608 g/mol. The minimum Gasteiger partial charge on any atom is -0.392 e. The summed E-state index contributed by atoms with van der Waals surface area (Å²) in [5.74, 6) is 0.0818. The summed E-state index contributed by atoms with van der Waals surface area (Å²) in [6, 6.07) is 31.4. The van der Waals surface area contributed by atoms with Gasteiger partial charge in [-0.05, 0) is 52.1 Å². The molecule has 4 aromatic carbocycles. The Morgan fingerprint density at radius 2 is 1.53 bits per heavy atom. The van der Waals surface area contributed by atoms with Crippen LogP contribution in [0, 0.1) is 16.0 Å². The van der Waals surface area contributed by atoms with Crippen LogP contribution in [0.1, 0.15) is 41.6 Å². The molecule has 4 unspecified atom stereocenters. The quantitative estimate of drug-likeness (QED) is 0.180. The Morgan fingerprint density at radius 1 is 0.844 bits per heavy atom. The lowest BCUT2D eigenvalue weighted by molar-refractivity contribution is -0.384. The molecule has 4 atom stereocenters. The number of nitrogens with two attached hydrogens (primary N) is 1. The minimum absolute atomic E-state index is 0.000279. The number of rotatable bonds is 9. The number of nitrogens with zero attached hydrogens (tertiary/aromatic N) is 3. The van der Waals surface area contributed by atoms with Gasteiger partial charge in [-0.15, -0.1) is 0 Å². The van der Waals surface area contributed by atoms with Gasteiger partial charge in [-0.2, -0.15) is 0 Å². The Labute approximate surface area is 264 Å². The molecule has 234 valence electrons. The standard InChI is InChI=1S/C36H40N4O5/c1-25-34(23-38-16-18-39(19-17-38)32-12-14-33(15-13-32)40(42)43)44-36(45-35(25)28-10-8-26(24-41)9-11-28)31-7-3-6-30(21-31)29-5-2-4-27(20-29)22-37/h2-15,20-21,25,34-36,41H,16-19,22-24,37H2,1H3. The van der Waals surface area contributed by atoms with Crippen molar-refractivity contribution in [1.82, 2.24) is 4.90 Å². The molecular weight excluding hydrogens is 568 g/mol. The highest BCUT2D eigenvalue weighted by molar-refractivity contribution is 5.65. The van der Waals surface area contributed by atoms with E-state index in [1.54, 1.807) is 12.1 Å². The number of hydrogen-bond donors (Lipinski definition) is 2. The average Bonchev–Trinajstić information content (AvgIpc) is 3.09. The van der Waals surface area contributed by atoms with Crippen molar-refractivity contribution < 1.29 is 19.5 Å². The molecule has 2 aliphatic rings. The third kappa shape index (κ3) is 7.08. The second-order valence-electron chi connectivity index (χ2n) is 11.9. The molecular formula is C36H40N4O5. The summed E-state index contributed by atoms with van der Waals surface area (Å²) in [6.45, 7) is 6.81. The van der Waals surface area contributed by atoms with E-state index in [2.05, 4.69) is 47.1 Å². The van der Waals surface area contributed by atoms with Crippen molar-refractivity contribution in [1.29, 1.82) is 0 Å². The Morgan fingerprint density at radius 3 is 2.20 bits per heavy atom. The first-order valence-electron chi connectivity index (χ1n) is 15.5. The summed E-state index contributed by atoms with van der Waals surface area (Å²) in [6.07, 6.45) is -0.818. The zero-order chi connectivity index (χ0) is 31.3. The van der Waals surface area contributed by atoms with Crippen LogP contribution in [0.4, 0.5) is 11.4 Å². The van der Waals surface area contributed by atoms with Crippen LogP contribution in [0.5, 0.6) is 0 Å². The van der Waals surface area contributed by atoms with E-state index in [-0.39, 0.29) is 35.3 Å². The highest BCUT2D eigenvalue weighted by Gasteiger charge is 2.39. The van der Waals surface area contributed by atoms with Crippen molar-refractivity contribution in [2.24, 2.45) is 11.7 Å². The molecule has 9 nitrogen and oxygen atoms in total. The first-order valence-corrected chi connectivity index (χ1v) is 15.5. The average molecular weight is 609 g/mol. The first kappa shape index (κ1) is 30.9. The molecule has 2 heterocycles. The van der Waals surface area contributed by atoms with Crippen LogP contribution in [-0.4, -0.2) is 53.8 Å². The van der Waals surface area contributed by atoms with Crippen molar-refractivity contribution in [2.75, 3.05) is 37.6 Å². The maximum atomic E-state index is 11.1. The fourth-order valence-corrected chi connectivity index (χ4v) is 6.30. The van der Waals surface area contributed by atoms with Gasteiger partial charge in [-0.25, -0.2) is 0 Å². The molecule has 0 amide bonds. The molecule has 0 radical (unpaired) electrons. The molecule has 45 heavy (non-hydrogen) atoms. The maximum Gasteiger partial charge on any atom is 0.269 e. The molecule has 2 fully saturated rings. The largest absolute Gasteiger partial charge is 0.392 e. The van der Waals surface area contributed by atoms with Crippen LogP contribution in [0.3, 0.4) is 0 Å². The van der Waals surface area contributed by atoms with Gasteiger partial charge in [0.15, 0.2) is 6.29 Å². The Balaban J connectivity index is 1.20. The third-order valence-electron chi connectivity index (χ3n) is 9.01. The highest BCUT2D eigenvalue weighted by atomic mass is 16.7. The van der Waals surface area contributed by atoms with E-state index in [1.807, 2.05) is 54.6 Å². The van der Waals surface area contributed by atoms with E-state index in [4.69, 9.17) is 15.2 Å². The number of nitro benzene ring substituents is 1. The van der Waals surface area contributed by atoms with Crippen molar-refractivity contribution >= 4 is 11.4 Å². The molecule has 4 aromatic rings. The van der Waals surface area contributed by atoms with Crippen molar-refractivity contribution in [2.45, 2.75) is 38.6 Å². The minimum atomic E-state index is -0.548. The number of piperazine rings is 1. The van der Waals surface area contributed by atoms with Gasteiger partial charge in [0.25, 0.3) is 5.69 Å². The first-order chi connectivity index (χ1) is 21.9. The second kappa shape index (κ2) is 13.9.